The highest BCUT2D eigenvalue weighted by Crippen LogP contribution is 2.21. The predicted molar refractivity (Wildman–Crippen MR) is 104 cm³/mol. The maximum absolute atomic E-state index is 12.1. The van der Waals surface area contributed by atoms with E-state index in [0.717, 1.165) is 29.2 Å². The van der Waals surface area contributed by atoms with E-state index in [-0.39, 0.29) is 11.9 Å². The molecule has 1 amide bonds. The number of aryl methyl sites for hydroxylation is 1. The molecule has 4 heteroatoms. The zero-order valence-electron chi connectivity index (χ0n) is 14.2. The van der Waals surface area contributed by atoms with E-state index in [0.29, 0.717) is 6.42 Å². The molecule has 2 nitrogen and oxygen atoms in total. The van der Waals surface area contributed by atoms with Crippen molar-refractivity contribution < 1.29 is 4.79 Å². The van der Waals surface area contributed by atoms with Crippen molar-refractivity contribution >= 4 is 29.3 Å². The van der Waals surface area contributed by atoms with E-state index in [9.17, 15) is 4.79 Å². The summed E-state index contributed by atoms with van der Waals surface area (Å²) in [6, 6.07) is 16.3. The van der Waals surface area contributed by atoms with Gasteiger partial charge in [-0.15, -0.1) is 11.8 Å². The Morgan fingerprint density at radius 1 is 1.12 bits per heavy atom. The van der Waals surface area contributed by atoms with E-state index in [1.165, 1.54) is 10.5 Å². The van der Waals surface area contributed by atoms with Gasteiger partial charge in [0.15, 0.2) is 0 Å². The molecule has 0 saturated carbocycles. The largest absolute Gasteiger partial charge is 0.350 e. The first-order valence-corrected chi connectivity index (χ1v) is 9.71. The van der Waals surface area contributed by atoms with Crippen LogP contribution in [0.1, 0.15) is 43.9 Å². The van der Waals surface area contributed by atoms with Gasteiger partial charge in [0.2, 0.25) is 5.91 Å². The van der Waals surface area contributed by atoms with Crippen molar-refractivity contribution in [2.45, 2.75) is 44.0 Å². The average molecular weight is 362 g/mol. The average Bonchev–Trinajstić information content (AvgIpc) is 2.60. The molecule has 128 valence electrons. The number of benzene rings is 2. The maximum atomic E-state index is 12.1. The first kappa shape index (κ1) is 18.9. The predicted octanol–water partition coefficient (Wildman–Crippen LogP) is 5.65. The van der Waals surface area contributed by atoms with Crippen molar-refractivity contribution in [2.24, 2.45) is 0 Å². The number of rotatable bonds is 8. The third kappa shape index (κ3) is 6.21. The van der Waals surface area contributed by atoms with Gasteiger partial charge in [0.1, 0.15) is 0 Å². The lowest BCUT2D eigenvalue weighted by Crippen LogP contribution is -2.26. The van der Waals surface area contributed by atoms with Gasteiger partial charge in [-0.1, -0.05) is 42.8 Å². The molecule has 0 aromatic heterocycles. The second-order valence-electron chi connectivity index (χ2n) is 5.79. The number of hydrogen-bond acceptors (Lipinski definition) is 2. The lowest BCUT2D eigenvalue weighted by atomic mass is 10.0. The van der Waals surface area contributed by atoms with E-state index in [1.54, 1.807) is 11.8 Å². The Bertz CT molecular complexity index is 640. The summed E-state index contributed by atoms with van der Waals surface area (Å²) in [5.41, 5.74) is 2.47. The normalized spacial score (nSPS) is 12.0. The highest BCUT2D eigenvalue weighted by atomic mass is 35.5. The van der Waals surface area contributed by atoms with Crippen molar-refractivity contribution in [3.05, 3.63) is 64.7 Å². The third-order valence-electron chi connectivity index (χ3n) is 3.90. The summed E-state index contributed by atoms with van der Waals surface area (Å²) in [6.45, 7) is 4.17. The summed E-state index contributed by atoms with van der Waals surface area (Å²) < 4.78 is 0. The Labute approximate surface area is 154 Å². The van der Waals surface area contributed by atoms with Crippen LogP contribution in [0.25, 0.3) is 0 Å². The summed E-state index contributed by atoms with van der Waals surface area (Å²) >= 11 is 7.62. The minimum Gasteiger partial charge on any atom is -0.350 e. The van der Waals surface area contributed by atoms with Crippen molar-refractivity contribution in [1.82, 2.24) is 5.32 Å². The quantitative estimate of drug-likeness (QED) is 0.486. The molecule has 0 fully saturated rings. The van der Waals surface area contributed by atoms with Gasteiger partial charge in [-0.2, -0.15) is 0 Å². The number of hydrogen-bond donors (Lipinski definition) is 1. The van der Waals surface area contributed by atoms with Crippen LogP contribution in [-0.2, 0) is 11.2 Å². The highest BCUT2D eigenvalue weighted by molar-refractivity contribution is 7.99. The first-order valence-electron chi connectivity index (χ1n) is 8.35. The van der Waals surface area contributed by atoms with E-state index >= 15 is 0 Å². The molecule has 24 heavy (non-hydrogen) atoms. The topological polar surface area (TPSA) is 29.1 Å². The number of thioether (sulfide) groups is 1. The standard InChI is InChI=1S/C20H24ClNOS/c1-3-16-6-8-17(9-7-16)15(2)22-20(23)5-4-14-24-19-12-10-18(21)11-13-19/h6-13,15H,3-5,14H2,1-2H3,(H,22,23). The minimum atomic E-state index is 0.0484. The van der Waals surface area contributed by atoms with Gasteiger partial charge < -0.3 is 5.32 Å². The van der Waals surface area contributed by atoms with Crippen LogP contribution in [0.15, 0.2) is 53.4 Å². The fourth-order valence-electron chi connectivity index (χ4n) is 2.39. The van der Waals surface area contributed by atoms with E-state index in [1.807, 2.05) is 31.2 Å². The summed E-state index contributed by atoms with van der Waals surface area (Å²) in [4.78, 5) is 13.3. The molecule has 0 heterocycles. The number of halogens is 1. The van der Waals surface area contributed by atoms with Crippen LogP contribution in [0.5, 0.6) is 0 Å². The van der Waals surface area contributed by atoms with Crippen LogP contribution in [0.4, 0.5) is 0 Å². The molecule has 1 unspecified atom stereocenters. The smallest absolute Gasteiger partial charge is 0.220 e. The lowest BCUT2D eigenvalue weighted by molar-refractivity contribution is -0.121. The van der Waals surface area contributed by atoms with Crippen molar-refractivity contribution in [3.63, 3.8) is 0 Å². The van der Waals surface area contributed by atoms with Gasteiger partial charge in [0.25, 0.3) is 0 Å². The summed E-state index contributed by atoms with van der Waals surface area (Å²) in [6.07, 6.45) is 2.45. The molecule has 0 aliphatic heterocycles. The molecule has 1 atom stereocenters. The van der Waals surface area contributed by atoms with Gasteiger partial charge in [0.05, 0.1) is 6.04 Å². The number of carbonyl (C=O) groups is 1. The zero-order chi connectivity index (χ0) is 17.4. The van der Waals surface area contributed by atoms with Crippen LogP contribution >= 0.6 is 23.4 Å². The van der Waals surface area contributed by atoms with Gasteiger partial charge in [0, 0.05) is 16.3 Å². The van der Waals surface area contributed by atoms with Crippen LogP contribution in [0.3, 0.4) is 0 Å². The molecule has 1 N–H and O–H groups in total. The van der Waals surface area contributed by atoms with Gasteiger partial charge in [-0.05, 0) is 60.9 Å². The second kappa shape index (κ2) is 9.75. The fourth-order valence-corrected chi connectivity index (χ4v) is 3.37. The van der Waals surface area contributed by atoms with E-state index < -0.39 is 0 Å². The van der Waals surface area contributed by atoms with E-state index in [2.05, 4.69) is 36.5 Å². The molecule has 0 aliphatic rings. The minimum absolute atomic E-state index is 0.0484. The molecular weight excluding hydrogens is 338 g/mol. The van der Waals surface area contributed by atoms with Gasteiger partial charge >= 0.3 is 0 Å². The van der Waals surface area contributed by atoms with Crippen LogP contribution in [0, 0.1) is 0 Å². The molecule has 0 aliphatic carbocycles. The van der Waals surface area contributed by atoms with Crippen LogP contribution in [-0.4, -0.2) is 11.7 Å². The maximum Gasteiger partial charge on any atom is 0.220 e. The fraction of sp³-hybridized carbons (Fsp3) is 0.350. The molecule has 2 aromatic carbocycles. The van der Waals surface area contributed by atoms with Crippen molar-refractivity contribution in [3.8, 4) is 0 Å². The Hall–Kier alpha value is -1.45. The molecule has 2 rings (SSSR count). The van der Waals surface area contributed by atoms with Crippen molar-refractivity contribution in [2.75, 3.05) is 5.75 Å². The monoisotopic (exact) mass is 361 g/mol. The molecule has 0 bridgehead atoms. The zero-order valence-corrected chi connectivity index (χ0v) is 15.8. The summed E-state index contributed by atoms with van der Waals surface area (Å²) in [7, 11) is 0. The van der Waals surface area contributed by atoms with Gasteiger partial charge in [-0.3, -0.25) is 4.79 Å². The third-order valence-corrected chi connectivity index (χ3v) is 5.25. The van der Waals surface area contributed by atoms with Gasteiger partial charge in [-0.25, -0.2) is 0 Å². The Kier molecular flexibility index (Phi) is 7.67. The van der Waals surface area contributed by atoms with E-state index in [4.69, 9.17) is 11.6 Å². The summed E-state index contributed by atoms with van der Waals surface area (Å²) in [5.74, 6) is 1.04. The van der Waals surface area contributed by atoms with Crippen LogP contribution < -0.4 is 5.32 Å². The Morgan fingerprint density at radius 3 is 2.42 bits per heavy atom. The number of carbonyl (C=O) groups excluding carboxylic acids is 1. The Morgan fingerprint density at radius 2 is 1.79 bits per heavy atom. The number of amides is 1. The molecule has 0 radical (unpaired) electrons. The Balaban J connectivity index is 1.69. The molecular formula is C20H24ClNOS. The molecule has 0 saturated heterocycles. The molecule has 2 aromatic rings. The SMILES string of the molecule is CCc1ccc(C(C)NC(=O)CCCSc2ccc(Cl)cc2)cc1. The highest BCUT2D eigenvalue weighted by Gasteiger charge is 2.09. The molecule has 0 spiro atoms. The second-order valence-corrected chi connectivity index (χ2v) is 7.40. The lowest BCUT2D eigenvalue weighted by Gasteiger charge is -2.14. The summed E-state index contributed by atoms with van der Waals surface area (Å²) in [5, 5.41) is 3.82. The van der Waals surface area contributed by atoms with Crippen molar-refractivity contribution in [1.29, 1.82) is 0 Å². The van der Waals surface area contributed by atoms with Crippen LogP contribution in [0.2, 0.25) is 5.02 Å². The number of nitrogens with one attached hydrogen (secondary N) is 1. The first-order chi connectivity index (χ1) is 11.6.